The van der Waals surface area contributed by atoms with Crippen LogP contribution in [0.15, 0.2) is 24.3 Å². The van der Waals surface area contributed by atoms with Gasteiger partial charge < -0.3 is 9.80 Å². The molecular weight excluding hydrogens is 262 g/mol. The number of carbonyl (C=O) groups excluding carboxylic acids is 1. The molecule has 0 spiro atoms. The lowest BCUT2D eigenvalue weighted by Crippen LogP contribution is -2.49. The van der Waals surface area contributed by atoms with Crippen LogP contribution in [0.4, 0.5) is 5.69 Å². The Kier molecular flexibility index (Phi) is 4.44. The molecule has 21 heavy (non-hydrogen) atoms. The Morgan fingerprint density at radius 3 is 2.43 bits per heavy atom. The minimum Gasteiger partial charge on any atom is -0.369 e. The van der Waals surface area contributed by atoms with Gasteiger partial charge in [0.2, 0.25) is 5.91 Å². The predicted octanol–water partition coefficient (Wildman–Crippen LogP) is 1.74. The van der Waals surface area contributed by atoms with Gasteiger partial charge >= 0.3 is 0 Å². The number of hydrogen-bond acceptors (Lipinski definition) is 3. The third-order valence-corrected chi connectivity index (χ3v) is 4.56. The Morgan fingerprint density at radius 1 is 1.05 bits per heavy atom. The average molecular weight is 287 g/mol. The highest BCUT2D eigenvalue weighted by Gasteiger charge is 2.23. The molecule has 0 saturated carbocycles. The maximum absolute atomic E-state index is 12.2. The molecule has 2 saturated heterocycles. The minimum atomic E-state index is 0.316. The molecule has 2 aliphatic heterocycles. The Balaban J connectivity index is 1.49. The van der Waals surface area contributed by atoms with Gasteiger partial charge in [0.25, 0.3) is 0 Å². The van der Waals surface area contributed by atoms with Crippen LogP contribution in [-0.4, -0.2) is 61.5 Å². The van der Waals surface area contributed by atoms with Gasteiger partial charge in [-0.2, -0.15) is 0 Å². The Bertz CT molecular complexity index is 489. The van der Waals surface area contributed by atoms with Crippen LogP contribution in [0, 0.1) is 6.92 Å². The number of rotatable bonds is 3. The molecule has 4 nitrogen and oxygen atoms in total. The summed E-state index contributed by atoms with van der Waals surface area (Å²) < 4.78 is 0. The second-order valence-corrected chi connectivity index (χ2v) is 6.19. The molecule has 1 aromatic carbocycles. The molecule has 0 aromatic heterocycles. The first-order valence-corrected chi connectivity index (χ1v) is 8.04. The van der Waals surface area contributed by atoms with Gasteiger partial charge in [-0.15, -0.1) is 0 Å². The fourth-order valence-electron chi connectivity index (χ4n) is 3.25. The standard InChI is InChI=1S/C17H25N3O/c1-15-5-4-6-16(13-15)19-11-9-18(10-12-19)14-17(21)20-7-2-3-8-20/h4-6,13H,2-3,7-12,14H2,1H3. The van der Waals surface area contributed by atoms with E-state index in [1.54, 1.807) is 0 Å². The van der Waals surface area contributed by atoms with Gasteiger partial charge in [0.15, 0.2) is 0 Å². The molecule has 4 heteroatoms. The molecule has 0 bridgehead atoms. The van der Waals surface area contributed by atoms with E-state index in [-0.39, 0.29) is 0 Å². The van der Waals surface area contributed by atoms with Crippen LogP contribution in [-0.2, 0) is 4.79 Å². The largest absolute Gasteiger partial charge is 0.369 e. The first-order valence-electron chi connectivity index (χ1n) is 8.04. The third kappa shape index (κ3) is 3.56. The van der Waals surface area contributed by atoms with Crippen molar-refractivity contribution in [3.05, 3.63) is 29.8 Å². The van der Waals surface area contributed by atoms with Gasteiger partial charge in [0, 0.05) is 45.0 Å². The number of aryl methyl sites for hydroxylation is 1. The number of anilines is 1. The van der Waals surface area contributed by atoms with E-state index >= 15 is 0 Å². The lowest BCUT2D eigenvalue weighted by molar-refractivity contribution is -0.131. The maximum atomic E-state index is 12.2. The normalized spacial score (nSPS) is 20.0. The first kappa shape index (κ1) is 14.4. The summed E-state index contributed by atoms with van der Waals surface area (Å²) in [6.07, 6.45) is 2.35. The van der Waals surface area contributed by atoms with E-state index in [4.69, 9.17) is 0 Å². The van der Waals surface area contributed by atoms with E-state index in [9.17, 15) is 4.79 Å². The lowest BCUT2D eigenvalue weighted by atomic mass is 10.2. The molecule has 2 fully saturated rings. The Labute approximate surface area is 127 Å². The average Bonchev–Trinajstić information content (AvgIpc) is 3.02. The van der Waals surface area contributed by atoms with Crippen LogP contribution < -0.4 is 4.90 Å². The van der Waals surface area contributed by atoms with Crippen LogP contribution in [0.1, 0.15) is 18.4 Å². The van der Waals surface area contributed by atoms with E-state index in [1.165, 1.54) is 24.1 Å². The summed E-state index contributed by atoms with van der Waals surface area (Å²) >= 11 is 0. The molecule has 1 amide bonds. The second-order valence-electron chi connectivity index (χ2n) is 6.19. The van der Waals surface area contributed by atoms with Gasteiger partial charge in [-0.1, -0.05) is 12.1 Å². The molecule has 2 heterocycles. The topological polar surface area (TPSA) is 26.8 Å². The quantitative estimate of drug-likeness (QED) is 0.847. The van der Waals surface area contributed by atoms with Gasteiger partial charge in [-0.3, -0.25) is 9.69 Å². The molecule has 2 aliphatic rings. The lowest BCUT2D eigenvalue weighted by Gasteiger charge is -2.36. The van der Waals surface area contributed by atoms with E-state index < -0.39 is 0 Å². The second kappa shape index (κ2) is 6.48. The van der Waals surface area contributed by atoms with Crippen molar-refractivity contribution in [2.75, 3.05) is 50.7 Å². The number of amides is 1. The van der Waals surface area contributed by atoms with Crippen LogP contribution in [0.3, 0.4) is 0 Å². The predicted molar refractivity (Wildman–Crippen MR) is 85.6 cm³/mol. The minimum absolute atomic E-state index is 0.316. The van der Waals surface area contributed by atoms with Gasteiger partial charge in [-0.05, 0) is 37.5 Å². The van der Waals surface area contributed by atoms with Crippen molar-refractivity contribution in [1.82, 2.24) is 9.80 Å². The summed E-state index contributed by atoms with van der Waals surface area (Å²) in [6, 6.07) is 8.67. The van der Waals surface area contributed by atoms with Crippen LogP contribution in [0.25, 0.3) is 0 Å². The van der Waals surface area contributed by atoms with Crippen molar-refractivity contribution in [2.45, 2.75) is 19.8 Å². The summed E-state index contributed by atoms with van der Waals surface area (Å²) in [5.74, 6) is 0.316. The summed E-state index contributed by atoms with van der Waals surface area (Å²) in [4.78, 5) is 18.9. The molecule has 1 aromatic rings. The Morgan fingerprint density at radius 2 is 1.76 bits per heavy atom. The SMILES string of the molecule is Cc1cccc(N2CCN(CC(=O)N3CCCC3)CC2)c1. The first-order chi connectivity index (χ1) is 10.2. The molecule has 114 valence electrons. The van der Waals surface area contributed by atoms with Gasteiger partial charge in [-0.25, -0.2) is 0 Å². The van der Waals surface area contributed by atoms with Crippen LogP contribution >= 0.6 is 0 Å². The fourth-order valence-corrected chi connectivity index (χ4v) is 3.25. The van der Waals surface area contributed by atoms with E-state index in [0.717, 1.165) is 39.3 Å². The monoisotopic (exact) mass is 287 g/mol. The van der Waals surface area contributed by atoms with Crippen LogP contribution in [0.2, 0.25) is 0 Å². The zero-order valence-corrected chi connectivity index (χ0v) is 12.9. The molecule has 0 aliphatic carbocycles. The highest BCUT2D eigenvalue weighted by atomic mass is 16.2. The van der Waals surface area contributed by atoms with E-state index in [2.05, 4.69) is 41.0 Å². The summed E-state index contributed by atoms with van der Waals surface area (Å²) in [5, 5.41) is 0. The molecule has 3 rings (SSSR count). The summed E-state index contributed by atoms with van der Waals surface area (Å²) in [5.41, 5.74) is 2.61. The number of carbonyl (C=O) groups is 1. The number of likely N-dealkylation sites (tertiary alicyclic amines) is 1. The van der Waals surface area contributed by atoms with Crippen molar-refractivity contribution in [3.8, 4) is 0 Å². The molecule has 0 N–H and O–H groups in total. The van der Waals surface area contributed by atoms with Crippen molar-refractivity contribution < 1.29 is 4.79 Å². The number of piperazine rings is 1. The van der Waals surface area contributed by atoms with Crippen LogP contribution in [0.5, 0.6) is 0 Å². The van der Waals surface area contributed by atoms with E-state index in [1.807, 2.05) is 4.90 Å². The zero-order chi connectivity index (χ0) is 14.7. The summed E-state index contributed by atoms with van der Waals surface area (Å²) in [6.45, 7) is 8.63. The maximum Gasteiger partial charge on any atom is 0.236 e. The fraction of sp³-hybridized carbons (Fsp3) is 0.588. The Hall–Kier alpha value is -1.55. The molecule has 0 unspecified atom stereocenters. The molecule has 0 radical (unpaired) electrons. The van der Waals surface area contributed by atoms with Crippen molar-refractivity contribution in [3.63, 3.8) is 0 Å². The van der Waals surface area contributed by atoms with E-state index in [0.29, 0.717) is 12.5 Å². The number of nitrogens with zero attached hydrogens (tertiary/aromatic N) is 3. The van der Waals surface area contributed by atoms with Gasteiger partial charge in [0.05, 0.1) is 6.54 Å². The van der Waals surface area contributed by atoms with Gasteiger partial charge in [0.1, 0.15) is 0 Å². The van der Waals surface area contributed by atoms with Crippen molar-refractivity contribution in [2.24, 2.45) is 0 Å². The molecular formula is C17H25N3O. The highest BCUT2D eigenvalue weighted by Crippen LogP contribution is 2.18. The highest BCUT2D eigenvalue weighted by molar-refractivity contribution is 5.78. The number of hydrogen-bond donors (Lipinski definition) is 0. The number of benzene rings is 1. The smallest absolute Gasteiger partial charge is 0.236 e. The van der Waals surface area contributed by atoms with Crippen molar-refractivity contribution in [1.29, 1.82) is 0 Å². The summed E-state index contributed by atoms with van der Waals surface area (Å²) in [7, 11) is 0. The zero-order valence-electron chi connectivity index (χ0n) is 12.9. The van der Waals surface area contributed by atoms with Crippen molar-refractivity contribution >= 4 is 11.6 Å². The molecule has 0 atom stereocenters. The third-order valence-electron chi connectivity index (χ3n) is 4.56.